The Morgan fingerprint density at radius 1 is 1.35 bits per heavy atom. The largest absolute Gasteiger partial charge is 0.342 e. The Morgan fingerprint density at radius 2 is 2.15 bits per heavy atom. The van der Waals surface area contributed by atoms with Crippen molar-refractivity contribution in [1.29, 1.82) is 0 Å². The molecule has 3 rings (SSSR count). The predicted octanol–water partition coefficient (Wildman–Crippen LogP) is 2.39. The van der Waals surface area contributed by atoms with Gasteiger partial charge in [0.15, 0.2) is 0 Å². The standard InChI is InChI=1S/C17H24N2O/c1-2-15(14-6-4-3-5-7-14)16(20)19-11-9-17(13-19)8-10-18-12-17/h3-7,15,18H,2,8-13H2,1H3. The van der Waals surface area contributed by atoms with Gasteiger partial charge in [0.1, 0.15) is 0 Å². The molecule has 3 nitrogen and oxygen atoms in total. The van der Waals surface area contributed by atoms with E-state index < -0.39 is 0 Å². The van der Waals surface area contributed by atoms with E-state index in [9.17, 15) is 4.79 Å². The summed E-state index contributed by atoms with van der Waals surface area (Å²) in [5.74, 6) is 0.350. The first-order valence-electron chi connectivity index (χ1n) is 7.78. The normalized spacial score (nSPS) is 27.1. The van der Waals surface area contributed by atoms with Crippen molar-refractivity contribution < 1.29 is 4.79 Å². The second kappa shape index (κ2) is 5.57. The minimum atomic E-state index is 0.0284. The van der Waals surface area contributed by atoms with Crippen LogP contribution in [0.4, 0.5) is 0 Å². The monoisotopic (exact) mass is 272 g/mol. The Bertz CT molecular complexity index is 465. The van der Waals surface area contributed by atoms with Gasteiger partial charge in [-0.3, -0.25) is 4.79 Å². The van der Waals surface area contributed by atoms with E-state index in [2.05, 4.69) is 29.3 Å². The van der Waals surface area contributed by atoms with Crippen molar-refractivity contribution in [1.82, 2.24) is 10.2 Å². The molecule has 0 saturated carbocycles. The van der Waals surface area contributed by atoms with Crippen molar-refractivity contribution in [3.8, 4) is 0 Å². The van der Waals surface area contributed by atoms with Crippen LogP contribution in [0.2, 0.25) is 0 Å². The Balaban J connectivity index is 1.72. The van der Waals surface area contributed by atoms with E-state index in [-0.39, 0.29) is 5.92 Å². The summed E-state index contributed by atoms with van der Waals surface area (Å²) < 4.78 is 0. The van der Waals surface area contributed by atoms with E-state index in [0.29, 0.717) is 11.3 Å². The second-order valence-corrected chi connectivity index (χ2v) is 6.31. The fourth-order valence-electron chi connectivity index (χ4n) is 3.73. The van der Waals surface area contributed by atoms with Crippen LogP contribution in [0.1, 0.15) is 37.7 Å². The Kier molecular flexibility index (Phi) is 3.79. The summed E-state index contributed by atoms with van der Waals surface area (Å²) in [6.07, 6.45) is 3.26. The van der Waals surface area contributed by atoms with Crippen molar-refractivity contribution in [3.05, 3.63) is 35.9 Å². The van der Waals surface area contributed by atoms with Crippen molar-refractivity contribution in [2.24, 2.45) is 5.41 Å². The Morgan fingerprint density at radius 3 is 2.80 bits per heavy atom. The number of hydrogen-bond donors (Lipinski definition) is 1. The quantitative estimate of drug-likeness (QED) is 0.916. The van der Waals surface area contributed by atoms with Gasteiger partial charge in [0.2, 0.25) is 5.91 Å². The number of benzene rings is 1. The van der Waals surface area contributed by atoms with Crippen molar-refractivity contribution >= 4 is 5.91 Å². The van der Waals surface area contributed by atoms with Crippen LogP contribution in [0.5, 0.6) is 0 Å². The number of likely N-dealkylation sites (tertiary alicyclic amines) is 1. The number of carbonyl (C=O) groups is 1. The average molecular weight is 272 g/mol. The third kappa shape index (κ3) is 2.47. The van der Waals surface area contributed by atoms with Gasteiger partial charge in [-0.2, -0.15) is 0 Å². The van der Waals surface area contributed by atoms with Crippen LogP contribution in [-0.4, -0.2) is 37.0 Å². The third-order valence-electron chi connectivity index (χ3n) is 4.99. The molecule has 2 saturated heterocycles. The summed E-state index contributed by atoms with van der Waals surface area (Å²) in [5.41, 5.74) is 1.52. The molecule has 0 radical (unpaired) electrons. The van der Waals surface area contributed by atoms with Gasteiger partial charge in [0, 0.05) is 25.0 Å². The maximum atomic E-state index is 12.8. The summed E-state index contributed by atoms with van der Waals surface area (Å²) in [4.78, 5) is 14.9. The molecular weight excluding hydrogens is 248 g/mol. The van der Waals surface area contributed by atoms with Crippen molar-refractivity contribution in [2.45, 2.75) is 32.1 Å². The highest BCUT2D eigenvalue weighted by Gasteiger charge is 2.42. The molecule has 1 aromatic rings. The molecule has 2 atom stereocenters. The van der Waals surface area contributed by atoms with E-state index >= 15 is 0 Å². The van der Waals surface area contributed by atoms with Gasteiger partial charge in [-0.15, -0.1) is 0 Å². The van der Waals surface area contributed by atoms with Crippen LogP contribution in [0.15, 0.2) is 30.3 Å². The van der Waals surface area contributed by atoms with Crippen LogP contribution in [-0.2, 0) is 4.79 Å². The third-order valence-corrected chi connectivity index (χ3v) is 4.99. The van der Waals surface area contributed by atoms with Crippen LogP contribution >= 0.6 is 0 Å². The maximum absolute atomic E-state index is 12.8. The van der Waals surface area contributed by atoms with Gasteiger partial charge >= 0.3 is 0 Å². The lowest BCUT2D eigenvalue weighted by Crippen LogP contribution is -2.36. The zero-order valence-electron chi connectivity index (χ0n) is 12.3. The summed E-state index contributed by atoms with van der Waals surface area (Å²) in [5, 5.41) is 3.45. The first-order valence-corrected chi connectivity index (χ1v) is 7.78. The predicted molar refractivity (Wildman–Crippen MR) is 80.6 cm³/mol. The Hall–Kier alpha value is -1.35. The highest BCUT2D eigenvalue weighted by atomic mass is 16.2. The van der Waals surface area contributed by atoms with E-state index in [0.717, 1.165) is 44.6 Å². The summed E-state index contributed by atoms with van der Waals surface area (Å²) in [6, 6.07) is 10.2. The zero-order chi connectivity index (χ0) is 14.0. The van der Waals surface area contributed by atoms with E-state index in [4.69, 9.17) is 0 Å². The van der Waals surface area contributed by atoms with E-state index in [1.165, 1.54) is 6.42 Å². The number of carbonyl (C=O) groups excluding carboxylic acids is 1. The van der Waals surface area contributed by atoms with Gasteiger partial charge in [-0.05, 0) is 31.4 Å². The number of rotatable bonds is 3. The maximum Gasteiger partial charge on any atom is 0.230 e. The first-order chi connectivity index (χ1) is 9.74. The minimum absolute atomic E-state index is 0.0284. The summed E-state index contributed by atoms with van der Waals surface area (Å²) in [7, 11) is 0. The number of nitrogens with one attached hydrogen (secondary N) is 1. The minimum Gasteiger partial charge on any atom is -0.342 e. The molecule has 2 heterocycles. The molecule has 3 heteroatoms. The number of amides is 1. The fourth-order valence-corrected chi connectivity index (χ4v) is 3.73. The highest BCUT2D eigenvalue weighted by molar-refractivity contribution is 5.84. The molecule has 2 aliphatic heterocycles. The molecule has 1 aromatic carbocycles. The summed E-state index contributed by atoms with van der Waals surface area (Å²) >= 11 is 0. The van der Waals surface area contributed by atoms with Crippen LogP contribution in [0.25, 0.3) is 0 Å². The number of nitrogens with zero attached hydrogens (tertiary/aromatic N) is 1. The van der Waals surface area contributed by atoms with E-state index in [1.807, 2.05) is 18.2 Å². The molecule has 0 aromatic heterocycles. The molecule has 0 aliphatic carbocycles. The topological polar surface area (TPSA) is 32.3 Å². The number of hydrogen-bond acceptors (Lipinski definition) is 2. The van der Waals surface area contributed by atoms with Gasteiger partial charge in [-0.1, -0.05) is 37.3 Å². The van der Waals surface area contributed by atoms with E-state index in [1.54, 1.807) is 0 Å². The lowest BCUT2D eigenvalue weighted by Gasteiger charge is -2.26. The molecular formula is C17H24N2O. The lowest BCUT2D eigenvalue weighted by atomic mass is 9.86. The zero-order valence-corrected chi connectivity index (χ0v) is 12.3. The van der Waals surface area contributed by atoms with Gasteiger partial charge < -0.3 is 10.2 Å². The second-order valence-electron chi connectivity index (χ2n) is 6.31. The fraction of sp³-hybridized carbons (Fsp3) is 0.588. The average Bonchev–Trinajstić information content (AvgIpc) is 3.12. The van der Waals surface area contributed by atoms with Crippen molar-refractivity contribution in [2.75, 3.05) is 26.2 Å². The molecule has 0 bridgehead atoms. The smallest absolute Gasteiger partial charge is 0.230 e. The molecule has 2 fully saturated rings. The molecule has 1 N–H and O–H groups in total. The van der Waals surface area contributed by atoms with Crippen molar-refractivity contribution in [3.63, 3.8) is 0 Å². The van der Waals surface area contributed by atoms with Gasteiger partial charge in [-0.25, -0.2) is 0 Å². The summed E-state index contributed by atoms with van der Waals surface area (Å²) in [6.45, 7) is 6.18. The van der Waals surface area contributed by atoms with Crippen LogP contribution in [0.3, 0.4) is 0 Å². The SMILES string of the molecule is CCC(C(=O)N1CCC2(CCNC2)C1)c1ccccc1. The molecule has 108 valence electrons. The van der Waals surface area contributed by atoms with Gasteiger partial charge in [0.25, 0.3) is 0 Å². The molecule has 2 aliphatic rings. The first kappa shape index (κ1) is 13.6. The highest BCUT2D eigenvalue weighted by Crippen LogP contribution is 2.37. The molecule has 1 amide bonds. The van der Waals surface area contributed by atoms with Crippen LogP contribution in [0, 0.1) is 5.41 Å². The molecule has 2 unspecified atom stereocenters. The molecule has 1 spiro atoms. The molecule has 20 heavy (non-hydrogen) atoms. The van der Waals surface area contributed by atoms with Crippen LogP contribution < -0.4 is 5.32 Å². The van der Waals surface area contributed by atoms with Gasteiger partial charge in [0.05, 0.1) is 5.92 Å². The Labute approximate surface area is 121 Å². The lowest BCUT2D eigenvalue weighted by molar-refractivity contribution is -0.132.